The minimum atomic E-state index is -0.523. The molecule has 0 aliphatic rings. The first-order valence-electron chi connectivity index (χ1n) is 7.99. The molecule has 2 aromatic carbocycles. The molecule has 0 aliphatic carbocycles. The molecule has 0 heterocycles. The molecule has 2 aromatic rings. The maximum Gasteiger partial charge on any atom is 0.310 e. The minimum Gasteiger partial charge on any atom is -0.477 e. The smallest absolute Gasteiger partial charge is 0.310 e. The number of hydrogen-bond acceptors (Lipinski definition) is 4. The van der Waals surface area contributed by atoms with Crippen molar-refractivity contribution in [3.05, 3.63) is 70.3 Å². The van der Waals surface area contributed by atoms with Gasteiger partial charge < -0.3 is 9.64 Å². The molecule has 0 aliphatic heterocycles. The molecule has 0 atom stereocenters. The van der Waals surface area contributed by atoms with Gasteiger partial charge in [0.15, 0.2) is 12.4 Å². The lowest BCUT2D eigenvalue weighted by Crippen LogP contribution is -2.47. The summed E-state index contributed by atoms with van der Waals surface area (Å²) in [6.45, 7) is 6.02. The molecule has 0 aromatic heterocycles. The lowest BCUT2D eigenvalue weighted by atomic mass is 10.0. The molecule has 25 heavy (non-hydrogen) atoms. The third-order valence-electron chi connectivity index (χ3n) is 3.71. The number of hydrogen-bond donors (Lipinski definition) is 0. The van der Waals surface area contributed by atoms with Crippen molar-refractivity contribution in [3.8, 4) is 5.75 Å². The molecule has 6 nitrogen and oxygen atoms in total. The molecule has 0 bridgehead atoms. The van der Waals surface area contributed by atoms with Gasteiger partial charge in [-0.05, 0) is 32.4 Å². The van der Waals surface area contributed by atoms with Crippen molar-refractivity contribution in [1.29, 1.82) is 0 Å². The molecular formula is C19H22N2O4. The summed E-state index contributed by atoms with van der Waals surface area (Å²) in [5.41, 5.74) is 0.455. The standard InChI is InChI=1S/C19H22N2O4/c1-19(2,3)20(13-15-9-5-4-6-10-15)18(22)14-25-17-12-8-7-11-16(17)21(23)24/h4-12H,13-14H2,1-3H3. The highest BCUT2D eigenvalue weighted by molar-refractivity contribution is 5.78. The lowest BCUT2D eigenvalue weighted by Gasteiger charge is -2.35. The Morgan fingerprint density at radius 3 is 2.28 bits per heavy atom. The second-order valence-corrected chi connectivity index (χ2v) is 6.65. The number of para-hydroxylation sites is 2. The highest BCUT2D eigenvalue weighted by Crippen LogP contribution is 2.26. The maximum atomic E-state index is 12.7. The van der Waals surface area contributed by atoms with Gasteiger partial charge in [-0.25, -0.2) is 0 Å². The second kappa shape index (κ2) is 7.79. The SMILES string of the molecule is CC(C)(C)N(Cc1ccccc1)C(=O)COc1ccccc1[N+](=O)[O-]. The van der Waals surface area contributed by atoms with Gasteiger partial charge in [-0.1, -0.05) is 42.5 Å². The number of ether oxygens (including phenoxy) is 1. The van der Waals surface area contributed by atoms with Crippen LogP contribution < -0.4 is 4.74 Å². The quantitative estimate of drug-likeness (QED) is 0.591. The minimum absolute atomic E-state index is 0.0921. The molecule has 0 radical (unpaired) electrons. The van der Waals surface area contributed by atoms with E-state index in [2.05, 4.69) is 0 Å². The second-order valence-electron chi connectivity index (χ2n) is 6.65. The fourth-order valence-electron chi connectivity index (χ4n) is 2.41. The van der Waals surface area contributed by atoms with E-state index in [1.165, 1.54) is 12.1 Å². The van der Waals surface area contributed by atoms with E-state index >= 15 is 0 Å². The third kappa shape index (κ3) is 5.04. The first kappa shape index (κ1) is 18.4. The molecule has 132 valence electrons. The molecule has 6 heteroatoms. The zero-order chi connectivity index (χ0) is 18.4. The predicted molar refractivity (Wildman–Crippen MR) is 95.3 cm³/mol. The van der Waals surface area contributed by atoms with E-state index in [-0.39, 0.29) is 24.0 Å². The molecule has 0 saturated heterocycles. The predicted octanol–water partition coefficient (Wildman–Crippen LogP) is 3.80. The molecule has 0 N–H and O–H groups in total. The monoisotopic (exact) mass is 342 g/mol. The van der Waals surface area contributed by atoms with Crippen LogP contribution in [0.4, 0.5) is 5.69 Å². The molecular weight excluding hydrogens is 320 g/mol. The largest absolute Gasteiger partial charge is 0.477 e. The van der Waals surface area contributed by atoms with E-state index in [1.807, 2.05) is 51.1 Å². The third-order valence-corrected chi connectivity index (χ3v) is 3.71. The van der Waals surface area contributed by atoms with Crippen LogP contribution in [0, 0.1) is 10.1 Å². The van der Waals surface area contributed by atoms with Crippen molar-refractivity contribution in [2.75, 3.05) is 6.61 Å². The summed E-state index contributed by atoms with van der Waals surface area (Å²) in [5, 5.41) is 11.0. The average molecular weight is 342 g/mol. The van der Waals surface area contributed by atoms with Crippen LogP contribution in [0.25, 0.3) is 0 Å². The fraction of sp³-hybridized carbons (Fsp3) is 0.316. The first-order valence-corrected chi connectivity index (χ1v) is 7.99. The summed E-state index contributed by atoms with van der Waals surface area (Å²) in [5.74, 6) is -0.135. The van der Waals surface area contributed by atoms with Gasteiger partial charge in [-0.3, -0.25) is 14.9 Å². The van der Waals surface area contributed by atoms with Gasteiger partial charge in [0.1, 0.15) is 0 Å². The van der Waals surface area contributed by atoms with Crippen molar-refractivity contribution >= 4 is 11.6 Å². The number of nitrogens with zero attached hydrogens (tertiary/aromatic N) is 2. The molecule has 0 spiro atoms. The Balaban J connectivity index is 2.12. The van der Waals surface area contributed by atoms with E-state index in [0.29, 0.717) is 6.54 Å². The number of rotatable bonds is 6. The molecule has 2 rings (SSSR count). The Hall–Kier alpha value is -2.89. The normalized spacial score (nSPS) is 11.0. The van der Waals surface area contributed by atoms with Gasteiger partial charge in [0.05, 0.1) is 4.92 Å². The van der Waals surface area contributed by atoms with Gasteiger partial charge in [0, 0.05) is 18.2 Å². The molecule has 0 unspecified atom stereocenters. The van der Waals surface area contributed by atoms with Crippen LogP contribution in [0.2, 0.25) is 0 Å². The number of carbonyl (C=O) groups excluding carboxylic acids is 1. The van der Waals surface area contributed by atoms with Gasteiger partial charge in [-0.2, -0.15) is 0 Å². The van der Waals surface area contributed by atoms with E-state index in [4.69, 9.17) is 4.74 Å². The van der Waals surface area contributed by atoms with Crippen molar-refractivity contribution in [1.82, 2.24) is 4.90 Å². The summed E-state index contributed by atoms with van der Waals surface area (Å²) < 4.78 is 5.44. The van der Waals surface area contributed by atoms with Gasteiger partial charge >= 0.3 is 5.69 Å². The summed E-state index contributed by atoms with van der Waals surface area (Å²) in [6, 6.07) is 15.7. The number of nitro groups is 1. The van der Waals surface area contributed by atoms with Gasteiger partial charge in [-0.15, -0.1) is 0 Å². The van der Waals surface area contributed by atoms with E-state index in [1.54, 1.807) is 17.0 Å². The zero-order valence-corrected chi connectivity index (χ0v) is 14.6. The fourth-order valence-corrected chi connectivity index (χ4v) is 2.41. The van der Waals surface area contributed by atoms with E-state index in [9.17, 15) is 14.9 Å². The Bertz CT molecular complexity index is 739. The summed E-state index contributed by atoms with van der Waals surface area (Å²) >= 11 is 0. The lowest BCUT2D eigenvalue weighted by molar-refractivity contribution is -0.385. The van der Waals surface area contributed by atoms with Gasteiger partial charge in [0.2, 0.25) is 0 Å². The number of carbonyl (C=O) groups is 1. The number of nitro benzene ring substituents is 1. The van der Waals surface area contributed by atoms with Crippen molar-refractivity contribution in [2.24, 2.45) is 0 Å². The maximum absolute atomic E-state index is 12.7. The van der Waals surface area contributed by atoms with Crippen LogP contribution in [0.3, 0.4) is 0 Å². The highest BCUT2D eigenvalue weighted by Gasteiger charge is 2.27. The molecule has 0 saturated carbocycles. The van der Waals surface area contributed by atoms with E-state index in [0.717, 1.165) is 5.56 Å². The molecule has 0 fully saturated rings. The van der Waals surface area contributed by atoms with Crippen molar-refractivity contribution < 1.29 is 14.5 Å². The Morgan fingerprint density at radius 2 is 1.68 bits per heavy atom. The Morgan fingerprint density at radius 1 is 1.08 bits per heavy atom. The van der Waals surface area contributed by atoms with Crippen LogP contribution in [0.15, 0.2) is 54.6 Å². The first-order chi connectivity index (χ1) is 11.8. The van der Waals surface area contributed by atoms with Crippen LogP contribution >= 0.6 is 0 Å². The van der Waals surface area contributed by atoms with Crippen molar-refractivity contribution in [3.63, 3.8) is 0 Å². The zero-order valence-electron chi connectivity index (χ0n) is 14.6. The summed E-state index contributed by atoms with van der Waals surface area (Å²) in [6.07, 6.45) is 0. The van der Waals surface area contributed by atoms with Crippen LogP contribution in [-0.2, 0) is 11.3 Å². The van der Waals surface area contributed by atoms with Crippen LogP contribution in [0.1, 0.15) is 26.3 Å². The highest BCUT2D eigenvalue weighted by atomic mass is 16.6. The van der Waals surface area contributed by atoms with Gasteiger partial charge in [0.25, 0.3) is 5.91 Å². The topological polar surface area (TPSA) is 72.7 Å². The summed E-state index contributed by atoms with van der Waals surface area (Å²) in [7, 11) is 0. The Kier molecular flexibility index (Phi) is 5.75. The average Bonchev–Trinajstić information content (AvgIpc) is 2.57. The molecule has 1 amide bonds. The van der Waals surface area contributed by atoms with E-state index < -0.39 is 10.5 Å². The number of benzene rings is 2. The van der Waals surface area contributed by atoms with Crippen LogP contribution in [-0.4, -0.2) is 27.9 Å². The summed E-state index contributed by atoms with van der Waals surface area (Å²) in [4.78, 5) is 24.9. The Labute approximate surface area is 147 Å². The number of amides is 1. The van der Waals surface area contributed by atoms with Crippen LogP contribution in [0.5, 0.6) is 5.75 Å². The van der Waals surface area contributed by atoms with Crippen molar-refractivity contribution in [2.45, 2.75) is 32.9 Å².